The van der Waals surface area contributed by atoms with Crippen LogP contribution >= 0.6 is 0 Å². The van der Waals surface area contributed by atoms with Crippen LogP contribution < -0.4 is 5.32 Å². The monoisotopic (exact) mass is 369 g/mol. The molecule has 1 heterocycles. The average molecular weight is 369 g/mol. The lowest BCUT2D eigenvalue weighted by Gasteiger charge is -2.47. The Morgan fingerprint density at radius 2 is 1.88 bits per heavy atom. The molecule has 0 aromatic heterocycles. The molecule has 1 amide bonds. The number of carbonyl (C=O) groups is 3. The first kappa shape index (κ1) is 21.2. The Bertz CT molecular complexity index is 531. The molecular formula is C13H20FNO10. The fourth-order valence-corrected chi connectivity index (χ4v) is 2.44. The molecule has 1 aliphatic heterocycles. The van der Waals surface area contributed by atoms with Gasteiger partial charge in [0.25, 0.3) is 0 Å². The van der Waals surface area contributed by atoms with Gasteiger partial charge in [0.05, 0.1) is 12.6 Å². The quantitative estimate of drug-likeness (QED) is 0.259. The Morgan fingerprint density at radius 3 is 2.28 bits per heavy atom. The van der Waals surface area contributed by atoms with Crippen molar-refractivity contribution in [3.8, 4) is 0 Å². The van der Waals surface area contributed by atoms with Gasteiger partial charge in [-0.05, 0) is 0 Å². The molecule has 1 unspecified atom stereocenters. The topological polar surface area (TPSA) is 183 Å². The Kier molecular flexibility index (Phi) is 6.79. The number of hydrogen-bond acceptors (Lipinski definition) is 9. The summed E-state index contributed by atoms with van der Waals surface area (Å²) in [7, 11) is 0. The second kappa shape index (κ2) is 8.01. The maximum absolute atomic E-state index is 14.6. The number of halogens is 1. The molecule has 0 saturated carbocycles. The van der Waals surface area contributed by atoms with Gasteiger partial charge >= 0.3 is 17.7 Å². The highest BCUT2D eigenvalue weighted by molar-refractivity contribution is 5.77. The smallest absolute Gasteiger partial charge is 0.367 e. The predicted octanol–water partition coefficient (Wildman–Crippen LogP) is -3.35. The minimum Gasteiger partial charge on any atom is -0.477 e. The molecule has 0 spiro atoms. The Morgan fingerprint density at radius 1 is 1.32 bits per heavy atom. The van der Waals surface area contributed by atoms with Gasteiger partial charge in [0.1, 0.15) is 18.3 Å². The van der Waals surface area contributed by atoms with Gasteiger partial charge in [0, 0.05) is 13.8 Å². The standard InChI is InChI=1S/C13H20FNO10/c1-4(17)15-7-9(8(20)6(19)3-16)25-13(23,12(21)22)11(14)10(7)24-5(2)18/h6-11,16,19-20,23H,3H2,1-2H3,(H,15,17)(H,21,22)/t6-,7-,8-,9?,10+,11-,13+/m1/s1. The molecule has 6 N–H and O–H groups in total. The Balaban J connectivity index is 3.38. The first-order chi connectivity index (χ1) is 11.5. The molecule has 0 radical (unpaired) electrons. The molecule has 1 rings (SSSR count). The van der Waals surface area contributed by atoms with E-state index in [4.69, 9.17) is 14.9 Å². The third-order valence-corrected chi connectivity index (χ3v) is 3.58. The van der Waals surface area contributed by atoms with Crippen LogP contribution in [0.2, 0.25) is 0 Å². The fraction of sp³-hybridized carbons (Fsp3) is 0.769. The molecule has 0 aromatic carbocycles. The molecule has 1 aliphatic rings. The minimum atomic E-state index is -3.53. The SMILES string of the molecule is CC(=O)N[C@@H]1C([C@H](O)[C@H](O)CO)O[C@](O)(C(=O)O)[C@H](F)[C@H]1OC(C)=O. The number of alkyl halides is 1. The van der Waals surface area contributed by atoms with E-state index in [0.717, 1.165) is 13.8 Å². The zero-order valence-electron chi connectivity index (χ0n) is 13.3. The summed E-state index contributed by atoms with van der Waals surface area (Å²) in [6, 6.07) is -1.66. The van der Waals surface area contributed by atoms with Crippen molar-refractivity contribution >= 4 is 17.8 Å². The lowest BCUT2D eigenvalue weighted by atomic mass is 9.87. The van der Waals surface area contributed by atoms with Gasteiger partial charge in [-0.15, -0.1) is 0 Å². The molecular weight excluding hydrogens is 349 g/mol. The number of carbonyl (C=O) groups excluding carboxylic acids is 2. The summed E-state index contributed by atoms with van der Waals surface area (Å²) in [4.78, 5) is 33.8. The third kappa shape index (κ3) is 4.41. The summed E-state index contributed by atoms with van der Waals surface area (Å²) in [6.07, 6.45) is -10.8. The zero-order valence-corrected chi connectivity index (χ0v) is 13.3. The minimum absolute atomic E-state index is 0.783. The van der Waals surface area contributed by atoms with Crippen LogP contribution in [0.25, 0.3) is 0 Å². The van der Waals surface area contributed by atoms with E-state index in [-0.39, 0.29) is 0 Å². The van der Waals surface area contributed by atoms with Crippen LogP contribution in [0.4, 0.5) is 4.39 Å². The van der Waals surface area contributed by atoms with Crippen molar-refractivity contribution < 1.29 is 53.8 Å². The predicted molar refractivity (Wildman–Crippen MR) is 74.6 cm³/mol. The number of ether oxygens (including phenoxy) is 2. The second-order valence-corrected chi connectivity index (χ2v) is 5.53. The highest BCUT2D eigenvalue weighted by Gasteiger charge is 2.62. The number of rotatable bonds is 6. The van der Waals surface area contributed by atoms with Gasteiger partial charge in [-0.2, -0.15) is 0 Å². The van der Waals surface area contributed by atoms with E-state index >= 15 is 0 Å². The number of carboxylic acids is 1. The van der Waals surface area contributed by atoms with Gasteiger partial charge in [0.15, 0.2) is 6.10 Å². The summed E-state index contributed by atoms with van der Waals surface area (Å²) in [6.45, 7) is 0.888. The van der Waals surface area contributed by atoms with Crippen LogP contribution in [0.5, 0.6) is 0 Å². The molecule has 144 valence electrons. The Labute approximate surface area is 141 Å². The van der Waals surface area contributed by atoms with Crippen LogP contribution in [-0.2, 0) is 23.9 Å². The zero-order chi connectivity index (χ0) is 19.5. The number of aliphatic carboxylic acids is 1. The second-order valence-electron chi connectivity index (χ2n) is 5.53. The van der Waals surface area contributed by atoms with E-state index < -0.39 is 66.9 Å². The molecule has 7 atom stereocenters. The van der Waals surface area contributed by atoms with Crippen molar-refractivity contribution in [3.05, 3.63) is 0 Å². The summed E-state index contributed by atoms with van der Waals surface area (Å²) in [5, 5.41) is 49.6. The van der Waals surface area contributed by atoms with Gasteiger partial charge < -0.3 is 40.3 Å². The number of esters is 1. The van der Waals surface area contributed by atoms with Crippen LogP contribution in [-0.4, -0.2) is 92.4 Å². The number of amides is 1. The fourth-order valence-electron chi connectivity index (χ4n) is 2.44. The maximum Gasteiger partial charge on any atom is 0.367 e. The number of hydrogen-bond donors (Lipinski definition) is 6. The third-order valence-electron chi connectivity index (χ3n) is 3.58. The van der Waals surface area contributed by atoms with E-state index in [2.05, 4.69) is 10.1 Å². The van der Waals surface area contributed by atoms with Crippen molar-refractivity contribution in [1.82, 2.24) is 5.32 Å². The summed E-state index contributed by atoms with van der Waals surface area (Å²) in [5.74, 6) is -7.56. The average Bonchev–Trinajstić information content (AvgIpc) is 2.51. The number of nitrogens with one attached hydrogen (secondary N) is 1. The van der Waals surface area contributed by atoms with Crippen molar-refractivity contribution in [2.45, 2.75) is 56.3 Å². The number of carboxylic acid groups (broad SMARTS) is 1. The van der Waals surface area contributed by atoms with Crippen molar-refractivity contribution in [3.63, 3.8) is 0 Å². The van der Waals surface area contributed by atoms with E-state index in [9.17, 15) is 34.1 Å². The van der Waals surface area contributed by atoms with Gasteiger partial charge in [0.2, 0.25) is 12.1 Å². The summed E-state index contributed by atoms with van der Waals surface area (Å²) >= 11 is 0. The van der Waals surface area contributed by atoms with Crippen molar-refractivity contribution in [2.24, 2.45) is 0 Å². The van der Waals surface area contributed by atoms with Crippen LogP contribution in [0.15, 0.2) is 0 Å². The van der Waals surface area contributed by atoms with Crippen LogP contribution in [0.1, 0.15) is 13.8 Å². The van der Waals surface area contributed by atoms with Crippen molar-refractivity contribution in [2.75, 3.05) is 6.61 Å². The Hall–Kier alpha value is -1.86. The summed E-state index contributed by atoms with van der Waals surface area (Å²) < 4.78 is 23.9. The van der Waals surface area contributed by atoms with Gasteiger partial charge in [-0.25, -0.2) is 9.18 Å². The van der Waals surface area contributed by atoms with Crippen LogP contribution in [0.3, 0.4) is 0 Å². The van der Waals surface area contributed by atoms with Crippen molar-refractivity contribution in [1.29, 1.82) is 0 Å². The molecule has 0 aliphatic carbocycles. The normalized spacial score (nSPS) is 34.7. The van der Waals surface area contributed by atoms with Crippen LogP contribution in [0, 0.1) is 0 Å². The van der Waals surface area contributed by atoms with E-state index in [1.807, 2.05) is 0 Å². The number of aliphatic hydroxyl groups excluding tert-OH is 3. The van der Waals surface area contributed by atoms with E-state index in [0.29, 0.717) is 0 Å². The highest BCUT2D eigenvalue weighted by atomic mass is 19.1. The molecule has 0 aromatic rings. The molecule has 11 nitrogen and oxygen atoms in total. The first-order valence-corrected chi connectivity index (χ1v) is 7.14. The summed E-state index contributed by atoms with van der Waals surface area (Å²) in [5.41, 5.74) is 0. The molecule has 25 heavy (non-hydrogen) atoms. The van der Waals surface area contributed by atoms with E-state index in [1.54, 1.807) is 0 Å². The van der Waals surface area contributed by atoms with E-state index in [1.165, 1.54) is 0 Å². The van der Waals surface area contributed by atoms with Gasteiger partial charge in [-0.1, -0.05) is 0 Å². The highest BCUT2D eigenvalue weighted by Crippen LogP contribution is 2.34. The molecule has 0 bridgehead atoms. The van der Waals surface area contributed by atoms with Gasteiger partial charge in [-0.3, -0.25) is 9.59 Å². The lowest BCUT2D eigenvalue weighted by Crippen LogP contribution is -2.73. The first-order valence-electron chi connectivity index (χ1n) is 7.14. The largest absolute Gasteiger partial charge is 0.477 e. The molecule has 1 saturated heterocycles. The maximum atomic E-state index is 14.6. The molecule has 1 fully saturated rings. The number of aliphatic hydroxyl groups is 4. The lowest BCUT2D eigenvalue weighted by molar-refractivity contribution is -0.321. The molecule has 12 heteroatoms.